The molecule has 0 aliphatic carbocycles. The van der Waals surface area contributed by atoms with Crippen molar-refractivity contribution in [3.05, 3.63) is 23.0 Å². The van der Waals surface area contributed by atoms with Gasteiger partial charge in [-0.25, -0.2) is 17.5 Å². The van der Waals surface area contributed by atoms with E-state index in [1.807, 2.05) is 0 Å². The normalized spacial score (nSPS) is 11.7. The summed E-state index contributed by atoms with van der Waals surface area (Å²) in [4.78, 5) is -0.566. The Bertz CT molecular complexity index is 522. The van der Waals surface area contributed by atoms with Gasteiger partial charge in [-0.1, -0.05) is 11.6 Å². The maximum Gasteiger partial charge on any atom is 0.243 e. The van der Waals surface area contributed by atoms with Gasteiger partial charge in [0.05, 0.1) is 11.6 Å². The lowest BCUT2D eigenvalue weighted by Gasteiger charge is -2.09. The monoisotopic (exact) mass is 296 g/mol. The van der Waals surface area contributed by atoms with Gasteiger partial charge in [-0.3, -0.25) is 0 Å². The zero-order valence-electron chi connectivity index (χ0n) is 9.74. The highest BCUT2D eigenvalue weighted by atomic mass is 35.5. The first-order valence-corrected chi connectivity index (χ1v) is 7.06. The summed E-state index contributed by atoms with van der Waals surface area (Å²) in [5, 5.41) is -0.333. The minimum absolute atomic E-state index is 0.0437. The van der Waals surface area contributed by atoms with Crippen LogP contribution in [0.4, 0.5) is 10.1 Å². The van der Waals surface area contributed by atoms with E-state index in [1.165, 1.54) is 0 Å². The van der Waals surface area contributed by atoms with Crippen LogP contribution in [0, 0.1) is 5.82 Å². The van der Waals surface area contributed by atoms with Gasteiger partial charge in [0.15, 0.2) is 5.82 Å². The van der Waals surface area contributed by atoms with Gasteiger partial charge < -0.3 is 10.5 Å². The molecule has 0 unspecified atom stereocenters. The SMILES string of the molecule is CCOCCNS(=O)(=O)c1cc(N)cc(Cl)c1F. The van der Waals surface area contributed by atoms with Crippen molar-refractivity contribution in [2.45, 2.75) is 11.8 Å². The predicted molar refractivity (Wildman–Crippen MR) is 67.5 cm³/mol. The van der Waals surface area contributed by atoms with Gasteiger partial charge in [-0.15, -0.1) is 0 Å². The molecule has 0 heterocycles. The quantitative estimate of drug-likeness (QED) is 0.614. The molecule has 0 atom stereocenters. The topological polar surface area (TPSA) is 81.4 Å². The minimum Gasteiger partial charge on any atom is -0.399 e. The second-order valence-corrected chi connectivity index (χ2v) is 5.55. The summed E-state index contributed by atoms with van der Waals surface area (Å²) in [6.07, 6.45) is 0. The Labute approximate surface area is 110 Å². The molecule has 0 bridgehead atoms. The first-order valence-electron chi connectivity index (χ1n) is 5.20. The Balaban J connectivity index is 2.91. The number of anilines is 1. The van der Waals surface area contributed by atoms with Crippen molar-refractivity contribution >= 4 is 27.3 Å². The zero-order valence-corrected chi connectivity index (χ0v) is 11.3. The van der Waals surface area contributed by atoms with Gasteiger partial charge in [-0.2, -0.15) is 0 Å². The van der Waals surface area contributed by atoms with E-state index in [4.69, 9.17) is 22.1 Å². The number of ether oxygens (including phenoxy) is 1. The Morgan fingerprint density at radius 3 is 2.78 bits per heavy atom. The highest BCUT2D eigenvalue weighted by Crippen LogP contribution is 2.25. The maximum absolute atomic E-state index is 13.6. The molecule has 0 saturated heterocycles. The van der Waals surface area contributed by atoms with Gasteiger partial charge in [0.2, 0.25) is 10.0 Å². The van der Waals surface area contributed by atoms with E-state index < -0.39 is 20.7 Å². The Hall–Kier alpha value is -0.890. The Morgan fingerprint density at radius 1 is 1.50 bits per heavy atom. The third-order valence-corrected chi connectivity index (χ3v) is 3.78. The summed E-state index contributed by atoms with van der Waals surface area (Å²) in [7, 11) is -3.99. The van der Waals surface area contributed by atoms with Crippen LogP contribution in [0.1, 0.15) is 6.92 Å². The summed E-state index contributed by atoms with van der Waals surface area (Å²) in [6, 6.07) is 2.17. The fraction of sp³-hybridized carbons (Fsp3) is 0.400. The van der Waals surface area contributed by atoms with Crippen LogP contribution in [-0.2, 0) is 14.8 Å². The van der Waals surface area contributed by atoms with Crippen LogP contribution in [0.5, 0.6) is 0 Å². The molecule has 0 amide bonds. The van der Waals surface area contributed by atoms with Gasteiger partial charge >= 0.3 is 0 Å². The van der Waals surface area contributed by atoms with Crippen molar-refractivity contribution in [2.24, 2.45) is 0 Å². The van der Waals surface area contributed by atoms with E-state index in [1.54, 1.807) is 6.92 Å². The molecule has 0 aromatic heterocycles. The van der Waals surface area contributed by atoms with Gasteiger partial charge in [-0.05, 0) is 19.1 Å². The van der Waals surface area contributed by atoms with Crippen LogP contribution in [0.2, 0.25) is 5.02 Å². The third kappa shape index (κ3) is 3.81. The van der Waals surface area contributed by atoms with Crippen molar-refractivity contribution < 1.29 is 17.5 Å². The molecule has 0 saturated carbocycles. The lowest BCUT2D eigenvalue weighted by atomic mass is 10.3. The van der Waals surface area contributed by atoms with E-state index in [0.29, 0.717) is 6.61 Å². The molecule has 3 N–H and O–H groups in total. The molecule has 18 heavy (non-hydrogen) atoms. The van der Waals surface area contributed by atoms with Crippen molar-refractivity contribution in [2.75, 3.05) is 25.5 Å². The number of hydrogen-bond donors (Lipinski definition) is 2. The summed E-state index contributed by atoms with van der Waals surface area (Å²) < 4.78 is 44.4. The van der Waals surface area contributed by atoms with Crippen molar-refractivity contribution in [3.63, 3.8) is 0 Å². The molecular weight excluding hydrogens is 283 g/mol. The fourth-order valence-corrected chi connectivity index (χ4v) is 2.68. The number of hydrogen-bond acceptors (Lipinski definition) is 4. The second kappa shape index (κ2) is 6.33. The lowest BCUT2D eigenvalue weighted by molar-refractivity contribution is 0.153. The lowest BCUT2D eigenvalue weighted by Crippen LogP contribution is -2.28. The number of benzene rings is 1. The summed E-state index contributed by atoms with van der Waals surface area (Å²) in [5.41, 5.74) is 5.51. The first-order chi connectivity index (χ1) is 8.38. The van der Waals surface area contributed by atoms with E-state index in [0.717, 1.165) is 12.1 Å². The second-order valence-electron chi connectivity index (χ2n) is 3.41. The number of rotatable bonds is 6. The molecule has 0 aliphatic heterocycles. The van der Waals surface area contributed by atoms with Crippen LogP contribution in [-0.4, -0.2) is 28.2 Å². The van der Waals surface area contributed by atoms with Crippen molar-refractivity contribution in [1.29, 1.82) is 0 Å². The predicted octanol–water partition coefficient (Wildman–Crippen LogP) is 1.38. The molecule has 5 nitrogen and oxygen atoms in total. The molecule has 1 rings (SSSR count). The molecule has 0 spiro atoms. The first kappa shape index (κ1) is 15.2. The Kier molecular flexibility index (Phi) is 5.33. The standard InChI is InChI=1S/C10H14ClFN2O3S/c1-2-17-4-3-14-18(15,16)9-6-7(13)5-8(11)10(9)12/h5-6,14H,2-4,13H2,1H3. The van der Waals surface area contributed by atoms with Crippen LogP contribution >= 0.6 is 11.6 Å². The third-order valence-electron chi connectivity index (χ3n) is 2.05. The summed E-state index contributed by atoms with van der Waals surface area (Å²) >= 11 is 5.54. The van der Waals surface area contributed by atoms with E-state index in [9.17, 15) is 12.8 Å². The molecule has 102 valence electrons. The molecule has 0 radical (unpaired) electrons. The average molecular weight is 297 g/mol. The number of nitrogens with two attached hydrogens (primary N) is 1. The van der Waals surface area contributed by atoms with E-state index in [2.05, 4.69) is 4.72 Å². The minimum atomic E-state index is -3.99. The van der Waals surface area contributed by atoms with Gasteiger partial charge in [0.1, 0.15) is 4.90 Å². The smallest absolute Gasteiger partial charge is 0.243 e. The largest absolute Gasteiger partial charge is 0.399 e. The number of nitrogen functional groups attached to an aromatic ring is 1. The molecule has 0 aliphatic rings. The van der Waals surface area contributed by atoms with E-state index in [-0.39, 0.29) is 23.9 Å². The highest BCUT2D eigenvalue weighted by Gasteiger charge is 2.21. The molecule has 8 heteroatoms. The molecule has 1 aromatic carbocycles. The number of sulfonamides is 1. The zero-order chi connectivity index (χ0) is 13.8. The maximum atomic E-state index is 13.6. The van der Waals surface area contributed by atoms with Crippen LogP contribution in [0.25, 0.3) is 0 Å². The van der Waals surface area contributed by atoms with Crippen LogP contribution in [0.3, 0.4) is 0 Å². The van der Waals surface area contributed by atoms with Crippen molar-refractivity contribution in [1.82, 2.24) is 4.72 Å². The summed E-state index contributed by atoms with van der Waals surface area (Å²) in [5.74, 6) is -1.02. The molecule has 1 aromatic rings. The fourth-order valence-electron chi connectivity index (χ4n) is 1.25. The highest BCUT2D eigenvalue weighted by molar-refractivity contribution is 7.89. The van der Waals surface area contributed by atoms with Crippen LogP contribution in [0.15, 0.2) is 17.0 Å². The summed E-state index contributed by atoms with van der Waals surface area (Å²) in [6.45, 7) is 2.50. The molecule has 0 fully saturated rings. The number of halogens is 2. The Morgan fingerprint density at radius 2 is 2.17 bits per heavy atom. The van der Waals surface area contributed by atoms with E-state index >= 15 is 0 Å². The van der Waals surface area contributed by atoms with Crippen LogP contribution < -0.4 is 10.5 Å². The van der Waals surface area contributed by atoms with Gasteiger partial charge in [0, 0.05) is 18.8 Å². The molecular formula is C10H14ClFN2O3S. The van der Waals surface area contributed by atoms with Crippen molar-refractivity contribution in [3.8, 4) is 0 Å². The van der Waals surface area contributed by atoms with Gasteiger partial charge in [0.25, 0.3) is 0 Å². The average Bonchev–Trinajstić information content (AvgIpc) is 2.29. The number of nitrogens with one attached hydrogen (secondary N) is 1.